The second kappa shape index (κ2) is 24.1. The number of hydrogen-bond acceptors (Lipinski definition) is 13. The number of carbonyl (C=O) groups excluding carboxylic acids is 4. The maximum Gasteiger partial charge on any atom is 0.305 e. The Hall–Kier alpha value is -6.13. The molecule has 0 saturated heterocycles. The molecule has 0 radical (unpaired) electrons. The minimum Gasteiger partial charge on any atom is -0.481 e. The number of imidazole rings is 1. The molecule has 1 atom stereocenters. The summed E-state index contributed by atoms with van der Waals surface area (Å²) in [5, 5.41) is 15.9. The first-order valence-electron chi connectivity index (χ1n) is 21.2. The van der Waals surface area contributed by atoms with Crippen LogP contribution in [0.1, 0.15) is 63.1 Å². The van der Waals surface area contributed by atoms with Crippen molar-refractivity contribution in [2.24, 2.45) is 23.5 Å². The van der Waals surface area contributed by atoms with Crippen LogP contribution in [0.25, 0.3) is 11.0 Å². The highest BCUT2D eigenvalue weighted by atomic mass is 16.6. The Balaban J connectivity index is 1.22. The third-order valence-corrected chi connectivity index (χ3v) is 10.5. The van der Waals surface area contributed by atoms with Crippen molar-refractivity contribution in [2.45, 2.75) is 52.3 Å². The van der Waals surface area contributed by atoms with E-state index in [9.17, 15) is 24.0 Å². The van der Waals surface area contributed by atoms with Gasteiger partial charge in [0.1, 0.15) is 12.3 Å². The smallest absolute Gasteiger partial charge is 0.305 e. The summed E-state index contributed by atoms with van der Waals surface area (Å²) in [7, 11) is 3.70. The van der Waals surface area contributed by atoms with E-state index < -0.39 is 29.8 Å². The maximum atomic E-state index is 13.7. The van der Waals surface area contributed by atoms with Crippen molar-refractivity contribution in [3.8, 4) is 0 Å². The zero-order chi connectivity index (χ0) is 46.2. The average molecular weight is 893 g/mol. The van der Waals surface area contributed by atoms with Gasteiger partial charge < -0.3 is 64.5 Å². The highest BCUT2D eigenvalue weighted by Gasteiger charge is 2.26. The van der Waals surface area contributed by atoms with Crippen LogP contribution in [0.4, 0.5) is 11.4 Å². The van der Waals surface area contributed by atoms with E-state index in [1.54, 1.807) is 52.7 Å². The molecule has 1 unspecified atom stereocenters. The standard InChI is InChI=1S/C43H60N10O11/c1-5-53-37(24-29(2)48-53)42(59)47-43-50(4)36-26-31(41(45)58)7-9-34(36)52(43)15-11-32(10-14-51-28-49(3)35-25-30(40(44)57)6-8-33(35)51)64-27-38(54)46-13-17-61-19-21-63-23-22-62-20-18-60-16-12-39(55)56/h6-9,24-26,32H,5,10-23,27-28H2,1-4H3,(H2,44,57)(H2,45,58)(H,46,54)(H,55,56). The number of nitrogens with one attached hydrogen (secondary N) is 1. The van der Waals surface area contributed by atoms with E-state index in [-0.39, 0.29) is 38.7 Å². The summed E-state index contributed by atoms with van der Waals surface area (Å²) in [4.78, 5) is 70.1. The number of primary amides is 2. The number of aliphatic carboxylic acids is 1. The summed E-state index contributed by atoms with van der Waals surface area (Å²) in [5.41, 5.74) is 16.5. The molecule has 3 heterocycles. The summed E-state index contributed by atoms with van der Waals surface area (Å²) < 4.78 is 33.2. The number of fused-ring (bicyclic) bond motifs is 2. The molecule has 5 rings (SSSR count). The van der Waals surface area contributed by atoms with Gasteiger partial charge in [0.05, 0.1) is 100 Å². The number of benzene rings is 2. The molecule has 2 aromatic carbocycles. The number of aromatic nitrogens is 4. The van der Waals surface area contributed by atoms with Crippen LogP contribution in [0.2, 0.25) is 0 Å². The second-order valence-electron chi connectivity index (χ2n) is 15.1. The molecule has 1 aliphatic heterocycles. The van der Waals surface area contributed by atoms with Gasteiger partial charge in [0.15, 0.2) is 0 Å². The lowest BCUT2D eigenvalue weighted by Crippen LogP contribution is -2.35. The third kappa shape index (κ3) is 13.7. The lowest BCUT2D eigenvalue weighted by molar-refractivity contribution is -0.138. The SMILES string of the molecule is CCn1nc(C)cc1C(=O)N=c1n(C)c2cc(C(N)=O)ccc2n1CCC(CCN1CN(C)c2cc(C(N)=O)ccc21)OCC(=O)NCCOCCOCCOCCOCCC(=O)O. The fraction of sp³-hybridized carbons (Fsp3) is 0.512. The molecule has 21 nitrogen and oxygen atoms in total. The highest BCUT2D eigenvalue weighted by molar-refractivity contribution is 5.97. The van der Waals surface area contributed by atoms with E-state index in [1.807, 2.05) is 36.4 Å². The molecule has 0 fully saturated rings. The topological polar surface area (TPSA) is 262 Å². The maximum absolute atomic E-state index is 13.7. The van der Waals surface area contributed by atoms with E-state index in [0.717, 1.165) is 11.4 Å². The first-order valence-corrected chi connectivity index (χ1v) is 21.2. The van der Waals surface area contributed by atoms with Gasteiger partial charge in [-0.25, -0.2) is 0 Å². The van der Waals surface area contributed by atoms with Crippen molar-refractivity contribution in [2.75, 3.05) is 96.1 Å². The largest absolute Gasteiger partial charge is 0.481 e. The van der Waals surface area contributed by atoms with E-state index in [1.165, 1.54) is 0 Å². The van der Waals surface area contributed by atoms with Crippen LogP contribution in [0.5, 0.6) is 0 Å². The molecule has 0 aliphatic carbocycles. The highest BCUT2D eigenvalue weighted by Crippen LogP contribution is 2.36. The molecule has 21 heteroatoms. The fourth-order valence-electron chi connectivity index (χ4n) is 7.19. The number of nitrogens with two attached hydrogens (primary N) is 2. The number of rotatable bonds is 28. The number of hydrogen-bond donors (Lipinski definition) is 4. The van der Waals surface area contributed by atoms with Gasteiger partial charge in [0.25, 0.3) is 5.91 Å². The summed E-state index contributed by atoms with van der Waals surface area (Å²) in [5.74, 6) is -2.80. The van der Waals surface area contributed by atoms with Crippen molar-refractivity contribution < 1.29 is 52.8 Å². The van der Waals surface area contributed by atoms with Crippen LogP contribution in [0.3, 0.4) is 0 Å². The molecule has 4 aromatic rings. The van der Waals surface area contributed by atoms with Crippen molar-refractivity contribution >= 4 is 52.0 Å². The first-order chi connectivity index (χ1) is 30.8. The van der Waals surface area contributed by atoms with Gasteiger partial charge in [0, 0.05) is 51.4 Å². The fourth-order valence-corrected chi connectivity index (χ4v) is 7.19. The Labute approximate surface area is 370 Å². The summed E-state index contributed by atoms with van der Waals surface area (Å²) in [6.07, 6.45) is 0.452. The van der Waals surface area contributed by atoms with Crippen LogP contribution in [0, 0.1) is 6.92 Å². The normalized spacial score (nSPS) is 13.2. The van der Waals surface area contributed by atoms with Gasteiger partial charge in [-0.1, -0.05) is 0 Å². The van der Waals surface area contributed by atoms with Gasteiger partial charge in [-0.2, -0.15) is 10.1 Å². The van der Waals surface area contributed by atoms with Crippen LogP contribution in [-0.2, 0) is 53.4 Å². The van der Waals surface area contributed by atoms with Crippen LogP contribution >= 0.6 is 0 Å². The quantitative estimate of drug-likeness (QED) is 0.0584. The lowest BCUT2D eigenvalue weighted by Gasteiger charge is -2.24. The van der Waals surface area contributed by atoms with Crippen LogP contribution < -0.4 is 32.2 Å². The number of carboxylic acid groups (broad SMARTS) is 1. The van der Waals surface area contributed by atoms with E-state index >= 15 is 0 Å². The molecule has 1 aliphatic rings. The molecule has 0 bridgehead atoms. The molecule has 0 spiro atoms. The monoisotopic (exact) mass is 892 g/mol. The molecular weight excluding hydrogens is 833 g/mol. The average Bonchev–Trinajstić information content (AvgIpc) is 3.90. The minimum absolute atomic E-state index is 0.0481. The Bertz CT molecular complexity index is 2320. The second-order valence-corrected chi connectivity index (χ2v) is 15.1. The van der Waals surface area contributed by atoms with Gasteiger partial charge >= 0.3 is 5.97 Å². The minimum atomic E-state index is -0.910. The predicted octanol–water partition coefficient (Wildman–Crippen LogP) is 1.18. The summed E-state index contributed by atoms with van der Waals surface area (Å²) in [6.45, 7) is 8.13. The Morgan fingerprint density at radius 2 is 1.44 bits per heavy atom. The number of nitrogens with zero attached hydrogens (tertiary/aromatic N) is 7. The number of carboxylic acids is 1. The van der Waals surface area contributed by atoms with Gasteiger partial charge in [-0.3, -0.25) is 28.7 Å². The molecule has 348 valence electrons. The zero-order valence-electron chi connectivity index (χ0n) is 37.0. The number of anilines is 2. The van der Waals surface area contributed by atoms with Crippen molar-refractivity contribution in [3.63, 3.8) is 0 Å². The van der Waals surface area contributed by atoms with Crippen LogP contribution in [-0.4, -0.2) is 146 Å². The van der Waals surface area contributed by atoms with Crippen molar-refractivity contribution in [1.29, 1.82) is 0 Å². The zero-order valence-corrected chi connectivity index (χ0v) is 37.0. The van der Waals surface area contributed by atoms with E-state index in [2.05, 4.69) is 20.3 Å². The first kappa shape index (κ1) is 48.9. The van der Waals surface area contributed by atoms with Gasteiger partial charge in [-0.15, -0.1) is 0 Å². The van der Waals surface area contributed by atoms with Gasteiger partial charge in [0.2, 0.25) is 23.3 Å². The number of carbonyl (C=O) groups is 5. The summed E-state index contributed by atoms with van der Waals surface area (Å²) >= 11 is 0. The predicted molar refractivity (Wildman–Crippen MR) is 235 cm³/mol. The third-order valence-electron chi connectivity index (χ3n) is 10.5. The van der Waals surface area contributed by atoms with Crippen molar-refractivity contribution in [1.82, 2.24) is 24.2 Å². The van der Waals surface area contributed by atoms with Gasteiger partial charge in [-0.05, 0) is 69.2 Å². The lowest BCUT2D eigenvalue weighted by atomic mass is 10.1. The molecule has 6 N–H and O–H groups in total. The number of aryl methyl sites for hydroxylation is 4. The van der Waals surface area contributed by atoms with E-state index in [0.29, 0.717) is 118 Å². The molecule has 2 aromatic heterocycles. The van der Waals surface area contributed by atoms with Crippen LogP contribution in [0.15, 0.2) is 47.5 Å². The molecular formula is C43H60N10O11. The van der Waals surface area contributed by atoms with E-state index in [4.69, 9.17) is 40.3 Å². The molecule has 64 heavy (non-hydrogen) atoms. The van der Waals surface area contributed by atoms with Crippen molar-refractivity contribution in [3.05, 3.63) is 70.6 Å². The Morgan fingerprint density at radius 3 is 2.09 bits per heavy atom. The molecule has 0 saturated carbocycles. The summed E-state index contributed by atoms with van der Waals surface area (Å²) in [6, 6.07) is 12.1. The Morgan fingerprint density at radius 1 is 0.812 bits per heavy atom. The molecule has 4 amide bonds. The number of amides is 4. The Kier molecular flexibility index (Phi) is 18.4. The number of ether oxygens (including phenoxy) is 5.